The Morgan fingerprint density at radius 3 is 1.43 bits per heavy atom. The number of benzene rings is 2. The molecule has 2 aromatic rings. The Balaban J connectivity index is 1.91. The molecule has 556 valence electrons. The van der Waals surface area contributed by atoms with Crippen molar-refractivity contribution in [2.75, 3.05) is 76.0 Å². The molecule has 100 heavy (non-hydrogen) atoms. The number of aliphatic hydroxyl groups excluding tert-OH is 1. The molecule has 4 rings (SSSR count). The first kappa shape index (κ1) is 83.9. The number of piperidine rings is 1. The first-order valence-electron chi connectivity index (χ1n) is 35.2. The molecular formula is C73H115N13O14. The average Bonchev–Trinajstić information content (AvgIpc) is 0.819. The average molecular weight is 1400 g/mol. The summed E-state index contributed by atoms with van der Waals surface area (Å²) in [4.78, 5) is 203. The number of carbonyl (C=O) groups is 13. The van der Waals surface area contributed by atoms with E-state index in [2.05, 4.69) is 21.3 Å². The van der Waals surface area contributed by atoms with Gasteiger partial charge in [-0.1, -0.05) is 122 Å². The molecule has 2 aliphatic heterocycles. The van der Waals surface area contributed by atoms with Gasteiger partial charge in [0.15, 0.2) is 0 Å². The lowest BCUT2D eigenvalue weighted by Crippen LogP contribution is -2.62. The van der Waals surface area contributed by atoms with E-state index in [0.29, 0.717) is 43.5 Å². The van der Waals surface area contributed by atoms with Gasteiger partial charge in [-0.05, 0) is 94.6 Å². The van der Waals surface area contributed by atoms with E-state index >= 15 is 14.4 Å². The van der Waals surface area contributed by atoms with Crippen molar-refractivity contribution in [1.29, 1.82) is 0 Å². The number of rotatable bonds is 13. The zero-order chi connectivity index (χ0) is 75.5. The highest BCUT2D eigenvalue weighted by atomic mass is 16.3. The third-order valence-corrected chi connectivity index (χ3v) is 19.9. The van der Waals surface area contributed by atoms with E-state index in [9.17, 15) is 53.1 Å². The van der Waals surface area contributed by atoms with Gasteiger partial charge in [0.1, 0.15) is 66.5 Å². The fourth-order valence-electron chi connectivity index (χ4n) is 12.7. The van der Waals surface area contributed by atoms with E-state index in [0.717, 1.165) is 26.0 Å². The number of likely N-dealkylation sites (N-methyl/N-ethyl adjacent to an activating group) is 8. The van der Waals surface area contributed by atoms with Crippen molar-refractivity contribution >= 4 is 76.8 Å². The molecule has 0 aromatic heterocycles. The van der Waals surface area contributed by atoms with Gasteiger partial charge in [0.2, 0.25) is 76.8 Å². The molecule has 27 heteroatoms. The van der Waals surface area contributed by atoms with Crippen molar-refractivity contribution in [2.45, 2.75) is 213 Å². The van der Waals surface area contributed by atoms with Crippen molar-refractivity contribution in [3.63, 3.8) is 0 Å². The molecule has 0 saturated carbocycles. The molecule has 0 radical (unpaired) electrons. The Hall–Kier alpha value is -8.49. The SMILES string of the molecule is CC[C@H](C)[C@H]1C(=O)N[C@H](C(=O)N2CCCCC2)CC(=O)N(C)[C@H](C)C(=O)N[C@@H](CC(C)C)C(=O)N(C)[C@@H](Cc2ccccc2)C(=O)N(C)[C@@H](CC(C)C)C(=O)NCC(=O)N(C)[C@@H](C(C)C)C(=O)N(C)[C@@H](Cc2ccccc2)C(=O)N(C)[C@@H](C)C(=O)N[C@@H]([C@@H](C)O)C(=O)N(C)[C@@H](C)C(=O)N1C. The summed E-state index contributed by atoms with van der Waals surface area (Å²) in [6.45, 7) is 19.9. The van der Waals surface area contributed by atoms with Crippen molar-refractivity contribution in [3.8, 4) is 0 Å². The first-order chi connectivity index (χ1) is 46.8. The van der Waals surface area contributed by atoms with E-state index in [4.69, 9.17) is 0 Å². The smallest absolute Gasteiger partial charge is 0.248 e. The second-order valence-electron chi connectivity index (χ2n) is 28.6. The maximum absolute atomic E-state index is 15.3. The van der Waals surface area contributed by atoms with Crippen LogP contribution in [0.2, 0.25) is 0 Å². The van der Waals surface area contributed by atoms with Crippen LogP contribution in [0.15, 0.2) is 60.7 Å². The van der Waals surface area contributed by atoms with Gasteiger partial charge in [-0.3, -0.25) is 62.3 Å². The second-order valence-corrected chi connectivity index (χ2v) is 28.6. The fraction of sp³-hybridized carbons (Fsp3) is 0.658. The van der Waals surface area contributed by atoms with Gasteiger partial charge in [0.25, 0.3) is 0 Å². The van der Waals surface area contributed by atoms with Crippen LogP contribution in [0.3, 0.4) is 0 Å². The van der Waals surface area contributed by atoms with Crippen LogP contribution in [0.4, 0.5) is 0 Å². The summed E-state index contributed by atoms with van der Waals surface area (Å²) in [5, 5.41) is 22.1. The summed E-state index contributed by atoms with van der Waals surface area (Å²) < 4.78 is 0. The molecule has 0 bridgehead atoms. The number of aliphatic hydroxyl groups is 1. The minimum atomic E-state index is -1.69. The van der Waals surface area contributed by atoms with Crippen LogP contribution >= 0.6 is 0 Å². The highest BCUT2D eigenvalue weighted by Gasteiger charge is 2.45. The zero-order valence-corrected chi connectivity index (χ0v) is 62.8. The molecule has 2 fully saturated rings. The van der Waals surface area contributed by atoms with E-state index in [1.54, 1.807) is 93.3 Å². The van der Waals surface area contributed by atoms with Crippen LogP contribution < -0.4 is 21.3 Å². The van der Waals surface area contributed by atoms with Crippen molar-refractivity contribution in [3.05, 3.63) is 71.8 Å². The van der Waals surface area contributed by atoms with Crippen LogP contribution in [0, 0.1) is 23.7 Å². The number of nitrogens with zero attached hydrogens (tertiary/aromatic N) is 9. The van der Waals surface area contributed by atoms with E-state index in [-0.39, 0.29) is 37.5 Å². The Morgan fingerprint density at radius 1 is 0.470 bits per heavy atom. The van der Waals surface area contributed by atoms with Crippen LogP contribution in [-0.4, -0.2) is 275 Å². The van der Waals surface area contributed by atoms with Crippen LogP contribution in [0.1, 0.15) is 139 Å². The van der Waals surface area contributed by atoms with Crippen LogP contribution in [0.5, 0.6) is 0 Å². The maximum atomic E-state index is 15.3. The Kier molecular flexibility index (Phi) is 32.2. The summed E-state index contributed by atoms with van der Waals surface area (Å²) >= 11 is 0. The molecule has 27 nitrogen and oxygen atoms in total. The summed E-state index contributed by atoms with van der Waals surface area (Å²) in [6.07, 6.45) is 0.455. The maximum Gasteiger partial charge on any atom is 0.248 e. The normalized spacial score (nSPS) is 26.5. The van der Waals surface area contributed by atoms with Gasteiger partial charge >= 0.3 is 0 Å². The Labute approximate surface area is 592 Å². The summed E-state index contributed by atoms with van der Waals surface area (Å²) in [5.41, 5.74) is 1.31. The number of likely N-dealkylation sites (tertiary alicyclic amines) is 1. The molecule has 0 aliphatic carbocycles. The molecule has 2 saturated heterocycles. The lowest BCUT2D eigenvalue weighted by molar-refractivity contribution is -0.153. The second kappa shape index (κ2) is 38.4. The van der Waals surface area contributed by atoms with Gasteiger partial charge < -0.3 is 70.5 Å². The van der Waals surface area contributed by atoms with E-state index < -0.39 is 174 Å². The number of carbonyl (C=O) groups excluding carboxylic acids is 13. The lowest BCUT2D eigenvalue weighted by atomic mass is 9.95. The summed E-state index contributed by atoms with van der Waals surface area (Å²) in [6, 6.07) is 3.02. The molecule has 0 spiro atoms. The largest absolute Gasteiger partial charge is 0.391 e. The van der Waals surface area contributed by atoms with Gasteiger partial charge in [-0.15, -0.1) is 0 Å². The molecule has 2 aliphatic rings. The third kappa shape index (κ3) is 22.0. The van der Waals surface area contributed by atoms with Crippen molar-refractivity contribution in [1.82, 2.24) is 65.4 Å². The number of hydrogen-bond acceptors (Lipinski definition) is 14. The fourth-order valence-corrected chi connectivity index (χ4v) is 12.7. The summed E-state index contributed by atoms with van der Waals surface area (Å²) in [5.74, 6) is -11.0. The zero-order valence-electron chi connectivity index (χ0n) is 62.8. The molecule has 2 aromatic carbocycles. The quantitative estimate of drug-likeness (QED) is 0.192. The van der Waals surface area contributed by atoms with Crippen molar-refractivity contribution in [2.24, 2.45) is 23.7 Å². The Morgan fingerprint density at radius 2 is 0.940 bits per heavy atom. The highest BCUT2D eigenvalue weighted by molar-refractivity contribution is 6.00. The number of nitrogens with one attached hydrogen (secondary N) is 4. The molecular weight excluding hydrogens is 1280 g/mol. The minimum Gasteiger partial charge on any atom is -0.391 e. The van der Waals surface area contributed by atoms with Gasteiger partial charge in [-0.25, -0.2) is 0 Å². The summed E-state index contributed by atoms with van der Waals surface area (Å²) in [7, 11) is 11.0. The molecule has 5 N–H and O–H groups in total. The topological polar surface area (TPSA) is 319 Å². The van der Waals surface area contributed by atoms with Gasteiger partial charge in [-0.2, -0.15) is 0 Å². The molecule has 0 unspecified atom stereocenters. The standard InChI is InChI=1S/C73H115N13O14/c1-21-46(8)62-66(93)76-54(69(96)86-35-29-24-30-36-86)41-58(88)78(13)47(9)63(90)75-53(37-43(2)3)68(95)82(17)57(40-52-33-27-23-28-34-52)71(98)81(16)55(38-44(4)5)65(92)74-42-59(89)84(19)61(45(6)7)73(100)83(18)56(39-51-31-25-22-26-32-51)70(97)79(14)48(10)64(91)77-60(50(12)87)72(99)80(15)49(11)67(94)85(62)20/h22-23,25-28,31-34,43-50,53-57,60-62,87H,21,24,29-30,35-42H2,1-20H3,(H,74,92)(H,75,90)(H,76,93)(H,77,91)/t46-,47+,48-,49-,50+,53-,54-,55-,56-,57-,60-,61-,62-/m0/s1. The van der Waals surface area contributed by atoms with Crippen molar-refractivity contribution < 1.29 is 67.4 Å². The monoisotopic (exact) mass is 1400 g/mol. The predicted molar refractivity (Wildman–Crippen MR) is 379 cm³/mol. The van der Waals surface area contributed by atoms with Gasteiger partial charge in [0.05, 0.1) is 19.1 Å². The first-order valence-corrected chi connectivity index (χ1v) is 35.2. The molecule has 13 atom stereocenters. The lowest BCUT2D eigenvalue weighted by Gasteiger charge is -2.38. The molecule has 2 heterocycles. The Bertz CT molecular complexity index is 3160. The number of amides is 13. The molecule has 13 amide bonds. The van der Waals surface area contributed by atoms with Crippen LogP contribution in [-0.2, 0) is 75.2 Å². The van der Waals surface area contributed by atoms with E-state index in [1.807, 2.05) is 27.7 Å². The minimum absolute atomic E-state index is 0.0243. The highest BCUT2D eigenvalue weighted by Crippen LogP contribution is 2.24. The third-order valence-electron chi connectivity index (χ3n) is 19.9. The van der Waals surface area contributed by atoms with E-state index in [1.165, 1.54) is 104 Å². The van der Waals surface area contributed by atoms with Gasteiger partial charge in [0, 0.05) is 82.3 Å². The van der Waals surface area contributed by atoms with Crippen LogP contribution in [0.25, 0.3) is 0 Å². The number of hydrogen-bond donors (Lipinski definition) is 5. The predicted octanol–water partition coefficient (Wildman–Crippen LogP) is 2.31.